The monoisotopic (exact) mass is 265 g/mol. The van der Waals surface area contributed by atoms with E-state index in [9.17, 15) is 4.79 Å². The highest BCUT2D eigenvalue weighted by Gasteiger charge is 2.05. The fourth-order valence-corrected chi connectivity index (χ4v) is 1.72. The SMILES string of the molecule is Nc1cc(-c2ccccc2Br)n[nH]c1=O. The van der Waals surface area contributed by atoms with Crippen LogP contribution in [-0.2, 0) is 0 Å². The van der Waals surface area contributed by atoms with Gasteiger partial charge in [-0.25, -0.2) is 5.10 Å². The van der Waals surface area contributed by atoms with Crippen LogP contribution < -0.4 is 11.3 Å². The summed E-state index contributed by atoms with van der Waals surface area (Å²) in [6.45, 7) is 0. The number of rotatable bonds is 1. The van der Waals surface area contributed by atoms with E-state index in [1.54, 1.807) is 6.07 Å². The molecule has 76 valence electrons. The Kier molecular flexibility index (Phi) is 2.55. The van der Waals surface area contributed by atoms with Gasteiger partial charge in [0.25, 0.3) is 5.56 Å². The molecule has 0 spiro atoms. The summed E-state index contributed by atoms with van der Waals surface area (Å²) in [6, 6.07) is 9.15. The van der Waals surface area contributed by atoms with Crippen LogP contribution in [0.2, 0.25) is 0 Å². The van der Waals surface area contributed by atoms with E-state index in [1.165, 1.54) is 0 Å². The van der Waals surface area contributed by atoms with Crippen molar-refractivity contribution in [2.75, 3.05) is 5.73 Å². The first kappa shape index (κ1) is 9.92. The van der Waals surface area contributed by atoms with Crippen molar-refractivity contribution in [1.29, 1.82) is 0 Å². The van der Waals surface area contributed by atoms with Gasteiger partial charge in [0.05, 0.1) is 5.69 Å². The first-order chi connectivity index (χ1) is 7.18. The van der Waals surface area contributed by atoms with Gasteiger partial charge in [-0.2, -0.15) is 5.10 Å². The van der Waals surface area contributed by atoms with Crippen LogP contribution in [-0.4, -0.2) is 10.2 Å². The molecule has 1 aromatic heterocycles. The van der Waals surface area contributed by atoms with Crippen LogP contribution in [0.5, 0.6) is 0 Å². The second-order valence-electron chi connectivity index (χ2n) is 3.02. The highest BCUT2D eigenvalue weighted by Crippen LogP contribution is 2.25. The largest absolute Gasteiger partial charge is 0.394 e. The molecular weight excluding hydrogens is 258 g/mol. The van der Waals surface area contributed by atoms with Gasteiger partial charge in [0.2, 0.25) is 0 Å². The second kappa shape index (κ2) is 3.86. The molecule has 4 nitrogen and oxygen atoms in total. The lowest BCUT2D eigenvalue weighted by molar-refractivity contribution is 0.999. The number of hydrogen-bond acceptors (Lipinski definition) is 3. The summed E-state index contributed by atoms with van der Waals surface area (Å²) in [6.07, 6.45) is 0. The zero-order valence-electron chi connectivity index (χ0n) is 7.70. The molecule has 1 heterocycles. The molecule has 1 aromatic carbocycles. The molecule has 0 aliphatic rings. The van der Waals surface area contributed by atoms with Crippen molar-refractivity contribution in [2.24, 2.45) is 0 Å². The van der Waals surface area contributed by atoms with Crippen molar-refractivity contribution in [2.45, 2.75) is 0 Å². The first-order valence-electron chi connectivity index (χ1n) is 4.28. The Morgan fingerprint density at radius 3 is 2.73 bits per heavy atom. The second-order valence-corrected chi connectivity index (χ2v) is 3.87. The Balaban J connectivity index is 2.60. The molecule has 2 rings (SSSR count). The molecule has 0 amide bonds. The molecule has 0 aliphatic heterocycles. The molecule has 0 saturated carbocycles. The summed E-state index contributed by atoms with van der Waals surface area (Å²) >= 11 is 3.40. The van der Waals surface area contributed by atoms with E-state index in [-0.39, 0.29) is 11.2 Å². The van der Waals surface area contributed by atoms with Crippen LogP contribution in [0.4, 0.5) is 5.69 Å². The minimum Gasteiger partial charge on any atom is -0.394 e. The number of nitrogens with one attached hydrogen (secondary N) is 1. The Labute approximate surface area is 94.3 Å². The highest BCUT2D eigenvalue weighted by atomic mass is 79.9. The number of halogens is 1. The average Bonchev–Trinajstić information content (AvgIpc) is 2.23. The maximum atomic E-state index is 11.0. The third-order valence-electron chi connectivity index (χ3n) is 1.98. The summed E-state index contributed by atoms with van der Waals surface area (Å²) in [5.41, 5.74) is 6.83. The van der Waals surface area contributed by atoms with E-state index in [2.05, 4.69) is 26.1 Å². The van der Waals surface area contributed by atoms with E-state index in [0.29, 0.717) is 5.69 Å². The number of aromatic nitrogens is 2. The van der Waals surface area contributed by atoms with E-state index >= 15 is 0 Å². The zero-order valence-corrected chi connectivity index (χ0v) is 9.28. The molecule has 0 unspecified atom stereocenters. The molecule has 15 heavy (non-hydrogen) atoms. The summed E-state index contributed by atoms with van der Waals surface area (Å²) in [5, 5.41) is 6.27. The van der Waals surface area contributed by atoms with E-state index in [0.717, 1.165) is 10.0 Å². The molecule has 5 heteroatoms. The molecule has 2 aromatic rings. The highest BCUT2D eigenvalue weighted by molar-refractivity contribution is 9.10. The summed E-state index contributed by atoms with van der Waals surface area (Å²) in [7, 11) is 0. The molecular formula is C10H8BrN3O. The third-order valence-corrected chi connectivity index (χ3v) is 2.67. The molecule has 0 fully saturated rings. The fraction of sp³-hybridized carbons (Fsp3) is 0. The number of H-pyrrole nitrogens is 1. The molecule has 0 aliphatic carbocycles. The minimum absolute atomic E-state index is 0.163. The van der Waals surface area contributed by atoms with Gasteiger partial charge in [0.15, 0.2) is 0 Å². The van der Waals surface area contributed by atoms with Crippen molar-refractivity contribution in [3.63, 3.8) is 0 Å². The van der Waals surface area contributed by atoms with Crippen LogP contribution in [0, 0.1) is 0 Å². The summed E-state index contributed by atoms with van der Waals surface area (Å²) < 4.78 is 0.906. The van der Waals surface area contributed by atoms with Gasteiger partial charge >= 0.3 is 0 Å². The molecule has 0 bridgehead atoms. The third kappa shape index (κ3) is 1.92. The predicted molar refractivity (Wildman–Crippen MR) is 62.4 cm³/mol. The van der Waals surface area contributed by atoms with Crippen LogP contribution >= 0.6 is 15.9 Å². The van der Waals surface area contributed by atoms with Gasteiger partial charge in [-0.1, -0.05) is 34.1 Å². The van der Waals surface area contributed by atoms with Crippen molar-refractivity contribution in [3.8, 4) is 11.3 Å². The van der Waals surface area contributed by atoms with Gasteiger partial charge in [0.1, 0.15) is 5.69 Å². The maximum Gasteiger partial charge on any atom is 0.287 e. The number of hydrogen-bond donors (Lipinski definition) is 2. The van der Waals surface area contributed by atoms with Crippen molar-refractivity contribution in [3.05, 3.63) is 45.2 Å². The number of aromatic amines is 1. The van der Waals surface area contributed by atoms with Gasteiger partial charge in [-0.15, -0.1) is 0 Å². The van der Waals surface area contributed by atoms with Gasteiger partial charge < -0.3 is 5.73 Å². The van der Waals surface area contributed by atoms with Gasteiger partial charge in [-0.3, -0.25) is 4.79 Å². The van der Waals surface area contributed by atoms with E-state index in [1.807, 2.05) is 24.3 Å². The lowest BCUT2D eigenvalue weighted by Crippen LogP contribution is -2.13. The predicted octanol–water partition coefficient (Wildman–Crippen LogP) is 1.78. The standard InChI is InChI=1S/C10H8BrN3O/c11-7-4-2-1-3-6(7)9-5-8(12)10(15)14-13-9/h1-5H,(H2,12,13)(H,14,15). The molecule has 0 radical (unpaired) electrons. The van der Waals surface area contributed by atoms with Crippen molar-refractivity contribution < 1.29 is 0 Å². The number of nitrogens with zero attached hydrogens (tertiary/aromatic N) is 1. The topological polar surface area (TPSA) is 71.8 Å². The first-order valence-corrected chi connectivity index (χ1v) is 5.08. The Morgan fingerprint density at radius 2 is 2.07 bits per heavy atom. The van der Waals surface area contributed by atoms with E-state index < -0.39 is 0 Å². The number of nitrogens with two attached hydrogens (primary N) is 1. The van der Waals surface area contributed by atoms with E-state index in [4.69, 9.17) is 5.73 Å². The van der Waals surface area contributed by atoms with Crippen molar-refractivity contribution in [1.82, 2.24) is 10.2 Å². The molecule has 0 saturated heterocycles. The number of benzene rings is 1. The maximum absolute atomic E-state index is 11.0. The smallest absolute Gasteiger partial charge is 0.287 e. The lowest BCUT2D eigenvalue weighted by atomic mass is 10.1. The summed E-state index contributed by atoms with van der Waals surface area (Å²) in [4.78, 5) is 11.0. The minimum atomic E-state index is -0.370. The Bertz CT molecular complexity index is 550. The molecule has 3 N–H and O–H groups in total. The number of anilines is 1. The Hall–Kier alpha value is -1.62. The quantitative estimate of drug-likeness (QED) is 0.826. The fourth-order valence-electron chi connectivity index (χ4n) is 1.23. The van der Waals surface area contributed by atoms with Crippen LogP contribution in [0.1, 0.15) is 0 Å². The van der Waals surface area contributed by atoms with Crippen LogP contribution in [0.3, 0.4) is 0 Å². The van der Waals surface area contributed by atoms with Crippen molar-refractivity contribution >= 4 is 21.6 Å². The summed E-state index contributed by atoms with van der Waals surface area (Å²) in [5.74, 6) is 0. The zero-order chi connectivity index (χ0) is 10.8. The van der Waals surface area contributed by atoms with Crippen LogP contribution in [0.25, 0.3) is 11.3 Å². The average molecular weight is 266 g/mol. The normalized spacial score (nSPS) is 10.2. The van der Waals surface area contributed by atoms with Crippen LogP contribution in [0.15, 0.2) is 39.6 Å². The lowest BCUT2D eigenvalue weighted by Gasteiger charge is -2.02. The van der Waals surface area contributed by atoms with Gasteiger partial charge in [-0.05, 0) is 12.1 Å². The number of nitrogen functional groups attached to an aromatic ring is 1. The molecule has 0 atom stereocenters. The van der Waals surface area contributed by atoms with Gasteiger partial charge in [0, 0.05) is 10.0 Å². The Morgan fingerprint density at radius 1 is 1.33 bits per heavy atom.